The third kappa shape index (κ3) is 3.93. The molecule has 25 heavy (non-hydrogen) atoms. The summed E-state index contributed by atoms with van der Waals surface area (Å²) in [6.07, 6.45) is 3.93. The van der Waals surface area contributed by atoms with Gasteiger partial charge in [-0.05, 0) is 25.5 Å². The molecule has 7 heteroatoms. The zero-order valence-corrected chi connectivity index (χ0v) is 14.4. The summed E-state index contributed by atoms with van der Waals surface area (Å²) in [5.41, 5.74) is 3.36. The summed E-state index contributed by atoms with van der Waals surface area (Å²) in [6.45, 7) is 6.66. The molecule has 3 rings (SSSR count). The van der Waals surface area contributed by atoms with E-state index < -0.39 is 0 Å². The van der Waals surface area contributed by atoms with Gasteiger partial charge in [-0.1, -0.05) is 17.7 Å². The summed E-state index contributed by atoms with van der Waals surface area (Å²) >= 11 is 0. The number of carbonyl (C=O) groups is 2. The van der Waals surface area contributed by atoms with Crippen LogP contribution in [0, 0.1) is 13.8 Å². The van der Waals surface area contributed by atoms with Crippen molar-refractivity contribution < 1.29 is 9.59 Å². The highest BCUT2D eigenvalue weighted by molar-refractivity contribution is 6.04. The molecule has 2 aromatic rings. The van der Waals surface area contributed by atoms with E-state index in [4.69, 9.17) is 0 Å². The van der Waals surface area contributed by atoms with Crippen LogP contribution in [0.1, 0.15) is 21.5 Å². The van der Waals surface area contributed by atoms with Crippen LogP contribution >= 0.6 is 0 Å². The minimum Gasteiger partial charge on any atom is -0.342 e. The smallest absolute Gasteiger partial charge is 0.258 e. The Morgan fingerprint density at radius 3 is 2.40 bits per heavy atom. The second-order valence-electron chi connectivity index (χ2n) is 6.17. The Hall–Kier alpha value is -2.96. The van der Waals surface area contributed by atoms with Crippen LogP contribution in [-0.4, -0.2) is 53.4 Å². The van der Waals surface area contributed by atoms with Gasteiger partial charge < -0.3 is 15.1 Å². The number of rotatable bonds is 4. The lowest BCUT2D eigenvalue weighted by molar-refractivity contribution is -0.118. The molecule has 0 aliphatic carbocycles. The number of carbonyl (C=O) groups excluding carboxylic acids is 2. The molecule has 0 saturated carbocycles. The third-order valence-electron chi connectivity index (χ3n) is 4.28. The van der Waals surface area contributed by atoms with Gasteiger partial charge in [0, 0.05) is 44.3 Å². The van der Waals surface area contributed by atoms with Gasteiger partial charge in [0.1, 0.15) is 0 Å². The van der Waals surface area contributed by atoms with Crippen molar-refractivity contribution >= 4 is 24.0 Å². The van der Waals surface area contributed by atoms with Gasteiger partial charge in [0.2, 0.25) is 12.4 Å². The van der Waals surface area contributed by atoms with E-state index in [0.717, 1.165) is 23.2 Å². The molecule has 1 aromatic heterocycles. The number of anilines is 2. The lowest BCUT2D eigenvalue weighted by Gasteiger charge is -2.32. The summed E-state index contributed by atoms with van der Waals surface area (Å²) in [5, 5.41) is 2.89. The van der Waals surface area contributed by atoms with Crippen LogP contribution in [0.15, 0.2) is 30.6 Å². The largest absolute Gasteiger partial charge is 0.342 e. The van der Waals surface area contributed by atoms with Gasteiger partial charge in [-0.2, -0.15) is 0 Å². The average Bonchev–Trinajstić information content (AvgIpc) is 2.64. The summed E-state index contributed by atoms with van der Waals surface area (Å²) in [4.78, 5) is 35.4. The number of aryl methyl sites for hydroxylation is 2. The van der Waals surface area contributed by atoms with Gasteiger partial charge >= 0.3 is 0 Å². The topological polar surface area (TPSA) is 78.4 Å². The van der Waals surface area contributed by atoms with Crippen molar-refractivity contribution in [3.8, 4) is 0 Å². The number of aromatic nitrogens is 2. The molecule has 1 aromatic carbocycles. The summed E-state index contributed by atoms with van der Waals surface area (Å²) in [7, 11) is 0. The summed E-state index contributed by atoms with van der Waals surface area (Å²) in [6, 6.07) is 5.87. The van der Waals surface area contributed by atoms with Crippen LogP contribution in [0.25, 0.3) is 0 Å². The highest BCUT2D eigenvalue weighted by Crippen LogP contribution is 2.17. The lowest BCUT2D eigenvalue weighted by Crippen LogP contribution is -2.46. The van der Waals surface area contributed by atoms with Crippen LogP contribution in [0.5, 0.6) is 0 Å². The molecule has 0 unspecified atom stereocenters. The Bertz CT molecular complexity index is 768. The van der Waals surface area contributed by atoms with Crippen LogP contribution in [-0.2, 0) is 4.79 Å². The van der Waals surface area contributed by atoms with Gasteiger partial charge in [0.05, 0.1) is 5.56 Å². The number of piperazine rings is 1. The monoisotopic (exact) mass is 339 g/mol. The Balaban J connectivity index is 1.65. The van der Waals surface area contributed by atoms with Gasteiger partial charge in [-0.15, -0.1) is 0 Å². The number of nitrogens with zero attached hydrogens (tertiary/aromatic N) is 4. The zero-order chi connectivity index (χ0) is 17.8. The zero-order valence-electron chi connectivity index (χ0n) is 14.4. The standard InChI is InChI=1S/C18H21N5O2/c1-13-3-4-16(14(2)9-13)21-17(25)15-10-19-18(20-11-15)23-7-5-22(12-24)6-8-23/h3-4,9-12H,5-8H2,1-2H3,(H,21,25). The van der Waals surface area contributed by atoms with E-state index in [1.807, 2.05) is 36.9 Å². The molecule has 2 amide bonds. The van der Waals surface area contributed by atoms with Crippen molar-refractivity contribution in [3.05, 3.63) is 47.3 Å². The van der Waals surface area contributed by atoms with Crippen LogP contribution in [0.3, 0.4) is 0 Å². The number of amides is 2. The first kappa shape index (κ1) is 16.9. The molecule has 0 atom stereocenters. The molecular weight excluding hydrogens is 318 g/mol. The van der Waals surface area contributed by atoms with Crippen LogP contribution in [0.2, 0.25) is 0 Å². The molecule has 130 valence electrons. The molecular formula is C18H21N5O2. The number of nitrogens with one attached hydrogen (secondary N) is 1. The Labute approximate surface area is 146 Å². The Morgan fingerprint density at radius 2 is 1.80 bits per heavy atom. The molecule has 2 heterocycles. The van der Waals surface area contributed by atoms with E-state index in [-0.39, 0.29) is 5.91 Å². The highest BCUT2D eigenvalue weighted by Gasteiger charge is 2.18. The number of benzene rings is 1. The molecule has 1 saturated heterocycles. The van der Waals surface area contributed by atoms with Crippen molar-refractivity contribution in [2.45, 2.75) is 13.8 Å². The van der Waals surface area contributed by atoms with E-state index in [1.165, 1.54) is 12.4 Å². The van der Waals surface area contributed by atoms with Crippen molar-refractivity contribution in [3.63, 3.8) is 0 Å². The predicted molar refractivity (Wildman–Crippen MR) is 95.8 cm³/mol. The first-order valence-electron chi connectivity index (χ1n) is 8.22. The first-order chi connectivity index (χ1) is 12.1. The highest BCUT2D eigenvalue weighted by atomic mass is 16.1. The SMILES string of the molecule is Cc1ccc(NC(=O)c2cnc(N3CCN(C=O)CC3)nc2)c(C)c1. The minimum atomic E-state index is -0.232. The van der Waals surface area contributed by atoms with E-state index in [0.29, 0.717) is 37.7 Å². The predicted octanol–water partition coefficient (Wildman–Crippen LogP) is 1.62. The molecule has 7 nitrogen and oxygen atoms in total. The van der Waals surface area contributed by atoms with Crippen LogP contribution < -0.4 is 10.2 Å². The maximum atomic E-state index is 12.4. The molecule has 1 N–H and O–H groups in total. The second-order valence-corrected chi connectivity index (χ2v) is 6.17. The van der Waals surface area contributed by atoms with Crippen molar-refractivity contribution in [1.82, 2.24) is 14.9 Å². The first-order valence-corrected chi connectivity index (χ1v) is 8.22. The third-order valence-corrected chi connectivity index (χ3v) is 4.28. The number of hydrogen-bond donors (Lipinski definition) is 1. The summed E-state index contributed by atoms with van der Waals surface area (Å²) < 4.78 is 0. The van der Waals surface area contributed by atoms with Crippen LogP contribution in [0.4, 0.5) is 11.6 Å². The van der Waals surface area contributed by atoms with Gasteiger partial charge in [0.25, 0.3) is 5.91 Å². The van der Waals surface area contributed by atoms with E-state index >= 15 is 0 Å². The molecule has 1 aliphatic heterocycles. The minimum absolute atomic E-state index is 0.232. The second kappa shape index (κ2) is 7.29. The lowest BCUT2D eigenvalue weighted by atomic mass is 10.1. The van der Waals surface area contributed by atoms with Gasteiger partial charge in [-0.3, -0.25) is 9.59 Å². The molecule has 1 aliphatic rings. The van der Waals surface area contributed by atoms with Crippen molar-refractivity contribution in [2.75, 3.05) is 36.4 Å². The number of hydrogen-bond acceptors (Lipinski definition) is 5. The fourth-order valence-electron chi connectivity index (χ4n) is 2.78. The maximum Gasteiger partial charge on any atom is 0.258 e. The van der Waals surface area contributed by atoms with Gasteiger partial charge in [0.15, 0.2) is 0 Å². The normalized spacial score (nSPS) is 14.3. The average molecular weight is 339 g/mol. The fraction of sp³-hybridized carbons (Fsp3) is 0.333. The summed E-state index contributed by atoms with van der Waals surface area (Å²) in [5.74, 6) is 0.345. The fourth-order valence-corrected chi connectivity index (χ4v) is 2.78. The Kier molecular flexibility index (Phi) is 4.92. The quantitative estimate of drug-likeness (QED) is 0.857. The van der Waals surface area contributed by atoms with Gasteiger partial charge in [-0.25, -0.2) is 9.97 Å². The molecule has 0 bridgehead atoms. The van der Waals surface area contributed by atoms with E-state index in [9.17, 15) is 9.59 Å². The van der Waals surface area contributed by atoms with Crippen molar-refractivity contribution in [1.29, 1.82) is 0 Å². The van der Waals surface area contributed by atoms with E-state index in [1.54, 1.807) is 4.90 Å². The molecule has 0 spiro atoms. The Morgan fingerprint density at radius 1 is 1.12 bits per heavy atom. The molecule has 0 radical (unpaired) electrons. The van der Waals surface area contributed by atoms with Crippen molar-refractivity contribution in [2.24, 2.45) is 0 Å². The maximum absolute atomic E-state index is 12.4. The molecule has 1 fully saturated rings. The van der Waals surface area contributed by atoms with E-state index in [2.05, 4.69) is 15.3 Å².